The highest BCUT2D eigenvalue weighted by molar-refractivity contribution is 7.99. The second-order valence-electron chi connectivity index (χ2n) is 9.04. The third kappa shape index (κ3) is 5.58. The summed E-state index contributed by atoms with van der Waals surface area (Å²) in [4.78, 5) is 2.57. The van der Waals surface area contributed by atoms with Crippen LogP contribution in [0.4, 0.5) is 0 Å². The van der Waals surface area contributed by atoms with E-state index in [1.807, 2.05) is 11.8 Å². The standard InChI is InChI=1S/C23H37N3O3S2/c1-3-24(19(2)16-21-4-5-23-22(17-21)8-13-29-23)18-20-6-9-25(10-7-20)31(27,28)26-11-14-30-15-12-26/h4-5,17,19-20H,3,6-16,18H2,1-2H3/t19-/m0/s1. The number of benzene rings is 1. The summed E-state index contributed by atoms with van der Waals surface area (Å²) in [6.07, 6.45) is 3.98. The van der Waals surface area contributed by atoms with Crippen LogP contribution in [0.3, 0.4) is 0 Å². The van der Waals surface area contributed by atoms with E-state index < -0.39 is 10.2 Å². The highest BCUT2D eigenvalue weighted by Crippen LogP contribution is 2.28. The van der Waals surface area contributed by atoms with Gasteiger partial charge in [0.2, 0.25) is 0 Å². The van der Waals surface area contributed by atoms with Crippen LogP contribution in [0.1, 0.15) is 37.8 Å². The Bertz CT molecular complexity index is 834. The SMILES string of the molecule is CCN(CC1CCN(S(=O)(=O)N2CCSCC2)CC1)[C@@H](C)Cc1ccc2c(c1)CCO2. The molecule has 0 N–H and O–H groups in total. The molecule has 2 fully saturated rings. The van der Waals surface area contributed by atoms with E-state index in [0.717, 1.165) is 62.6 Å². The minimum Gasteiger partial charge on any atom is -0.493 e. The van der Waals surface area contributed by atoms with Crippen LogP contribution in [-0.4, -0.2) is 85.4 Å². The molecule has 6 nitrogen and oxygen atoms in total. The number of thioether (sulfide) groups is 1. The third-order valence-electron chi connectivity index (χ3n) is 7.00. The molecule has 0 aliphatic carbocycles. The van der Waals surface area contributed by atoms with Gasteiger partial charge in [0.05, 0.1) is 6.61 Å². The van der Waals surface area contributed by atoms with Crippen LogP contribution in [0.2, 0.25) is 0 Å². The van der Waals surface area contributed by atoms with E-state index in [4.69, 9.17) is 4.74 Å². The van der Waals surface area contributed by atoms with Crippen molar-refractivity contribution in [2.45, 2.75) is 45.6 Å². The zero-order valence-electron chi connectivity index (χ0n) is 19.0. The molecule has 3 aliphatic heterocycles. The molecule has 0 amide bonds. The molecular weight excluding hydrogens is 430 g/mol. The number of rotatable bonds is 8. The zero-order chi connectivity index (χ0) is 21.8. The number of piperidine rings is 1. The van der Waals surface area contributed by atoms with Crippen LogP contribution >= 0.6 is 11.8 Å². The number of ether oxygens (including phenoxy) is 1. The lowest BCUT2D eigenvalue weighted by molar-refractivity contribution is 0.150. The van der Waals surface area contributed by atoms with Crippen molar-refractivity contribution in [3.05, 3.63) is 29.3 Å². The number of fused-ring (bicyclic) bond motifs is 1. The Hall–Kier alpha value is -0.800. The Morgan fingerprint density at radius 3 is 2.58 bits per heavy atom. The Balaban J connectivity index is 1.28. The van der Waals surface area contributed by atoms with E-state index in [0.29, 0.717) is 38.1 Å². The predicted octanol–water partition coefficient (Wildman–Crippen LogP) is 2.88. The quantitative estimate of drug-likeness (QED) is 0.589. The van der Waals surface area contributed by atoms with E-state index in [2.05, 4.69) is 36.9 Å². The van der Waals surface area contributed by atoms with Gasteiger partial charge in [0.15, 0.2) is 0 Å². The number of nitrogens with zero attached hydrogens (tertiary/aromatic N) is 3. The van der Waals surface area contributed by atoms with Gasteiger partial charge in [0.25, 0.3) is 10.2 Å². The summed E-state index contributed by atoms with van der Waals surface area (Å²) >= 11 is 1.84. The van der Waals surface area contributed by atoms with Gasteiger partial charge in [-0.05, 0) is 55.8 Å². The minimum atomic E-state index is -3.28. The van der Waals surface area contributed by atoms with Gasteiger partial charge in [0, 0.05) is 56.7 Å². The van der Waals surface area contributed by atoms with Gasteiger partial charge in [-0.1, -0.05) is 19.1 Å². The molecule has 31 heavy (non-hydrogen) atoms. The predicted molar refractivity (Wildman–Crippen MR) is 128 cm³/mol. The summed E-state index contributed by atoms with van der Waals surface area (Å²) in [5, 5.41) is 0. The van der Waals surface area contributed by atoms with Gasteiger partial charge in [-0.2, -0.15) is 28.8 Å². The maximum atomic E-state index is 12.9. The van der Waals surface area contributed by atoms with Gasteiger partial charge in [0.1, 0.15) is 5.75 Å². The second-order valence-corrected chi connectivity index (χ2v) is 12.2. The van der Waals surface area contributed by atoms with Gasteiger partial charge < -0.3 is 9.64 Å². The van der Waals surface area contributed by atoms with Crippen molar-refractivity contribution >= 4 is 22.0 Å². The van der Waals surface area contributed by atoms with Gasteiger partial charge in [-0.3, -0.25) is 0 Å². The molecule has 1 aromatic rings. The average molecular weight is 468 g/mol. The lowest BCUT2D eigenvalue weighted by Gasteiger charge is -2.38. The van der Waals surface area contributed by atoms with Crippen LogP contribution in [-0.2, 0) is 23.1 Å². The molecular formula is C23H37N3O3S2. The molecule has 0 radical (unpaired) electrons. The maximum Gasteiger partial charge on any atom is 0.282 e. The first kappa shape index (κ1) is 23.4. The topological polar surface area (TPSA) is 53.1 Å². The molecule has 8 heteroatoms. The fourth-order valence-electron chi connectivity index (χ4n) is 5.05. The first-order valence-electron chi connectivity index (χ1n) is 11.8. The maximum absolute atomic E-state index is 12.9. The Morgan fingerprint density at radius 1 is 1.16 bits per heavy atom. The Labute approximate surface area is 192 Å². The Kier molecular flexibility index (Phi) is 7.85. The lowest BCUT2D eigenvalue weighted by Crippen LogP contribution is -2.50. The van der Waals surface area contributed by atoms with Crippen molar-refractivity contribution in [1.29, 1.82) is 0 Å². The molecule has 3 heterocycles. The van der Waals surface area contributed by atoms with Crippen LogP contribution in [0, 0.1) is 5.92 Å². The summed E-state index contributed by atoms with van der Waals surface area (Å²) in [6, 6.07) is 7.11. The molecule has 174 valence electrons. The molecule has 0 spiro atoms. The van der Waals surface area contributed by atoms with Crippen molar-refractivity contribution < 1.29 is 13.2 Å². The van der Waals surface area contributed by atoms with Gasteiger partial charge >= 0.3 is 0 Å². The molecule has 0 unspecified atom stereocenters. The monoisotopic (exact) mass is 467 g/mol. The molecule has 0 bridgehead atoms. The highest BCUT2D eigenvalue weighted by atomic mass is 32.2. The summed E-state index contributed by atoms with van der Waals surface area (Å²) in [6.45, 7) is 10.1. The minimum absolute atomic E-state index is 0.470. The summed E-state index contributed by atoms with van der Waals surface area (Å²) in [7, 11) is -3.28. The fraction of sp³-hybridized carbons (Fsp3) is 0.739. The third-order valence-corrected chi connectivity index (χ3v) is 9.98. The van der Waals surface area contributed by atoms with Crippen LogP contribution in [0.15, 0.2) is 18.2 Å². The first-order valence-corrected chi connectivity index (χ1v) is 14.3. The van der Waals surface area contributed by atoms with E-state index in [1.54, 1.807) is 8.61 Å². The largest absolute Gasteiger partial charge is 0.493 e. The van der Waals surface area contributed by atoms with Crippen molar-refractivity contribution in [3.8, 4) is 5.75 Å². The van der Waals surface area contributed by atoms with Crippen LogP contribution < -0.4 is 4.74 Å². The van der Waals surface area contributed by atoms with E-state index in [1.165, 1.54) is 11.1 Å². The van der Waals surface area contributed by atoms with Crippen LogP contribution in [0.5, 0.6) is 5.75 Å². The Morgan fingerprint density at radius 2 is 1.87 bits per heavy atom. The first-order chi connectivity index (χ1) is 15.0. The van der Waals surface area contributed by atoms with E-state index in [-0.39, 0.29) is 0 Å². The smallest absolute Gasteiger partial charge is 0.282 e. The van der Waals surface area contributed by atoms with E-state index >= 15 is 0 Å². The molecule has 1 aromatic carbocycles. The van der Waals surface area contributed by atoms with Crippen molar-refractivity contribution in [3.63, 3.8) is 0 Å². The number of likely N-dealkylation sites (N-methyl/N-ethyl adjacent to an activating group) is 1. The van der Waals surface area contributed by atoms with Gasteiger partial charge in [-0.15, -0.1) is 0 Å². The normalized spacial score (nSPS) is 22.4. The molecule has 0 saturated carbocycles. The number of hydrogen-bond acceptors (Lipinski definition) is 5. The number of hydrogen-bond donors (Lipinski definition) is 0. The molecule has 3 aliphatic rings. The fourth-order valence-corrected chi connectivity index (χ4v) is 7.83. The van der Waals surface area contributed by atoms with Gasteiger partial charge in [-0.25, -0.2) is 0 Å². The molecule has 4 rings (SSSR count). The van der Waals surface area contributed by atoms with Crippen molar-refractivity contribution in [1.82, 2.24) is 13.5 Å². The lowest BCUT2D eigenvalue weighted by atomic mass is 9.96. The van der Waals surface area contributed by atoms with Crippen molar-refractivity contribution in [2.75, 3.05) is 57.4 Å². The van der Waals surface area contributed by atoms with E-state index in [9.17, 15) is 8.42 Å². The summed E-state index contributed by atoms with van der Waals surface area (Å²) < 4.78 is 34.9. The van der Waals surface area contributed by atoms with Crippen LogP contribution in [0.25, 0.3) is 0 Å². The zero-order valence-corrected chi connectivity index (χ0v) is 20.6. The molecule has 2 saturated heterocycles. The summed E-state index contributed by atoms with van der Waals surface area (Å²) in [5.74, 6) is 3.44. The highest BCUT2D eigenvalue weighted by Gasteiger charge is 2.34. The average Bonchev–Trinajstić information content (AvgIpc) is 3.26. The summed E-state index contributed by atoms with van der Waals surface area (Å²) in [5.41, 5.74) is 2.73. The molecule has 0 aromatic heterocycles. The second kappa shape index (κ2) is 10.4. The molecule has 1 atom stereocenters. The van der Waals surface area contributed by atoms with Crippen molar-refractivity contribution in [2.24, 2.45) is 5.92 Å².